The van der Waals surface area contributed by atoms with Gasteiger partial charge in [0.05, 0.1) is 5.69 Å². The highest BCUT2D eigenvalue weighted by molar-refractivity contribution is 8.15. The molecule has 2 aromatic carbocycles. The molecule has 2 aromatic rings. The highest BCUT2D eigenvalue weighted by Crippen LogP contribution is 2.32. The third-order valence-electron chi connectivity index (χ3n) is 4.41. The molecule has 1 aliphatic rings. The van der Waals surface area contributed by atoms with Crippen LogP contribution in [0.15, 0.2) is 47.5 Å². The zero-order valence-electron chi connectivity index (χ0n) is 16.0. The van der Waals surface area contributed by atoms with E-state index in [4.69, 9.17) is 0 Å². The Kier molecular flexibility index (Phi) is 6.14. The van der Waals surface area contributed by atoms with Crippen molar-refractivity contribution in [3.05, 3.63) is 59.4 Å². The molecule has 1 heterocycles. The standard InChI is InChI=1S/C21H22FN3O2S/c1-4-25-20(27)18(28-21(25)23-16-8-6-15(22)7-9-16)12-19(26)24-17-10-5-13(2)11-14(17)3/h5-11,18H,4,12H2,1-3H3,(H,24,26)/t18-/m1/s1. The Morgan fingerprint density at radius 3 is 2.57 bits per heavy atom. The maximum atomic E-state index is 13.1. The fraction of sp³-hybridized carbons (Fsp3) is 0.286. The van der Waals surface area contributed by atoms with Gasteiger partial charge in [-0.25, -0.2) is 9.38 Å². The second-order valence-electron chi connectivity index (χ2n) is 6.63. The van der Waals surface area contributed by atoms with Crippen LogP contribution in [0.25, 0.3) is 0 Å². The number of carbonyl (C=O) groups is 2. The van der Waals surface area contributed by atoms with Crippen LogP contribution < -0.4 is 5.32 Å². The number of nitrogens with zero attached hydrogens (tertiary/aromatic N) is 2. The molecule has 1 atom stereocenters. The highest BCUT2D eigenvalue weighted by Gasteiger charge is 2.38. The summed E-state index contributed by atoms with van der Waals surface area (Å²) in [6.45, 7) is 6.25. The molecule has 5 nitrogen and oxygen atoms in total. The largest absolute Gasteiger partial charge is 0.326 e. The van der Waals surface area contributed by atoms with E-state index < -0.39 is 5.25 Å². The first-order valence-corrected chi connectivity index (χ1v) is 9.94. The Labute approximate surface area is 168 Å². The minimum Gasteiger partial charge on any atom is -0.326 e. The number of carbonyl (C=O) groups excluding carboxylic acids is 2. The predicted octanol–water partition coefficient (Wildman–Crippen LogP) is 4.42. The van der Waals surface area contributed by atoms with Gasteiger partial charge >= 0.3 is 0 Å². The third kappa shape index (κ3) is 4.59. The molecule has 0 spiro atoms. The number of benzene rings is 2. The van der Waals surface area contributed by atoms with Crippen molar-refractivity contribution in [1.82, 2.24) is 4.90 Å². The summed E-state index contributed by atoms with van der Waals surface area (Å²) in [4.78, 5) is 31.2. The average Bonchev–Trinajstić information content (AvgIpc) is 2.94. The topological polar surface area (TPSA) is 61.8 Å². The Balaban J connectivity index is 1.71. The first-order chi connectivity index (χ1) is 13.4. The van der Waals surface area contributed by atoms with Gasteiger partial charge in [0.1, 0.15) is 11.1 Å². The van der Waals surface area contributed by atoms with E-state index in [1.807, 2.05) is 39.0 Å². The van der Waals surface area contributed by atoms with E-state index in [2.05, 4.69) is 10.3 Å². The van der Waals surface area contributed by atoms with Crippen molar-refractivity contribution < 1.29 is 14.0 Å². The lowest BCUT2D eigenvalue weighted by atomic mass is 10.1. The van der Waals surface area contributed by atoms with Crippen LogP contribution in [0.2, 0.25) is 0 Å². The summed E-state index contributed by atoms with van der Waals surface area (Å²) < 4.78 is 13.1. The number of aliphatic imine (C=N–C) groups is 1. The smallest absolute Gasteiger partial charge is 0.242 e. The first-order valence-electron chi connectivity index (χ1n) is 9.06. The number of nitrogens with one attached hydrogen (secondary N) is 1. The van der Waals surface area contributed by atoms with E-state index in [0.29, 0.717) is 17.4 Å². The summed E-state index contributed by atoms with van der Waals surface area (Å²) in [5.74, 6) is -0.687. The number of hydrogen-bond donors (Lipinski definition) is 1. The minimum atomic E-state index is -0.523. The van der Waals surface area contributed by atoms with Crippen molar-refractivity contribution in [2.45, 2.75) is 32.4 Å². The second-order valence-corrected chi connectivity index (χ2v) is 7.80. The average molecular weight is 399 g/mol. The zero-order valence-corrected chi connectivity index (χ0v) is 16.8. The van der Waals surface area contributed by atoms with E-state index in [1.54, 1.807) is 17.0 Å². The van der Waals surface area contributed by atoms with Crippen molar-refractivity contribution in [3.8, 4) is 0 Å². The Hall–Kier alpha value is -2.67. The van der Waals surface area contributed by atoms with Crippen molar-refractivity contribution in [2.24, 2.45) is 4.99 Å². The van der Waals surface area contributed by atoms with E-state index in [-0.39, 0.29) is 24.1 Å². The van der Waals surface area contributed by atoms with E-state index in [1.165, 1.54) is 23.9 Å². The molecule has 7 heteroatoms. The van der Waals surface area contributed by atoms with Crippen LogP contribution in [-0.2, 0) is 9.59 Å². The molecule has 146 valence electrons. The number of rotatable bonds is 5. The molecule has 1 saturated heterocycles. The van der Waals surface area contributed by atoms with Gasteiger partial charge in [0.15, 0.2) is 5.17 Å². The van der Waals surface area contributed by atoms with Crippen LogP contribution in [0.3, 0.4) is 0 Å². The fourth-order valence-corrected chi connectivity index (χ4v) is 4.19. The van der Waals surface area contributed by atoms with Gasteiger partial charge in [-0.3, -0.25) is 14.5 Å². The van der Waals surface area contributed by atoms with Gasteiger partial charge in [0.2, 0.25) is 11.8 Å². The number of thioether (sulfide) groups is 1. The Bertz CT molecular complexity index is 928. The summed E-state index contributed by atoms with van der Waals surface area (Å²) >= 11 is 1.27. The number of hydrogen-bond acceptors (Lipinski definition) is 4. The highest BCUT2D eigenvalue weighted by atomic mass is 32.2. The van der Waals surface area contributed by atoms with Crippen molar-refractivity contribution >= 4 is 40.1 Å². The zero-order chi connectivity index (χ0) is 20.3. The molecule has 0 aromatic heterocycles. The SMILES string of the molecule is CCN1C(=O)[C@@H](CC(=O)Nc2ccc(C)cc2C)SC1=Nc1ccc(F)cc1. The summed E-state index contributed by atoms with van der Waals surface area (Å²) in [7, 11) is 0. The van der Waals surface area contributed by atoms with Crippen molar-refractivity contribution in [1.29, 1.82) is 0 Å². The van der Waals surface area contributed by atoms with Gasteiger partial charge in [0.25, 0.3) is 0 Å². The van der Waals surface area contributed by atoms with Gasteiger partial charge in [-0.2, -0.15) is 0 Å². The van der Waals surface area contributed by atoms with Crippen LogP contribution in [0.1, 0.15) is 24.5 Å². The van der Waals surface area contributed by atoms with Crippen LogP contribution in [0, 0.1) is 19.7 Å². The van der Waals surface area contributed by atoms with Crippen molar-refractivity contribution in [2.75, 3.05) is 11.9 Å². The van der Waals surface area contributed by atoms with E-state index >= 15 is 0 Å². The molecule has 0 bridgehead atoms. The van der Waals surface area contributed by atoms with E-state index in [0.717, 1.165) is 16.8 Å². The van der Waals surface area contributed by atoms with Crippen LogP contribution >= 0.6 is 11.8 Å². The monoisotopic (exact) mass is 399 g/mol. The van der Waals surface area contributed by atoms with Crippen LogP contribution in [-0.4, -0.2) is 33.7 Å². The van der Waals surface area contributed by atoms with Crippen molar-refractivity contribution in [3.63, 3.8) is 0 Å². The number of aryl methyl sites for hydroxylation is 2. The van der Waals surface area contributed by atoms with Gasteiger partial charge in [-0.05, 0) is 56.7 Å². The molecule has 1 fully saturated rings. The molecular formula is C21H22FN3O2S. The maximum Gasteiger partial charge on any atom is 0.242 e. The van der Waals surface area contributed by atoms with Gasteiger partial charge < -0.3 is 5.32 Å². The second kappa shape index (κ2) is 8.56. The molecule has 1 aliphatic heterocycles. The molecule has 28 heavy (non-hydrogen) atoms. The normalized spacial score (nSPS) is 18.0. The van der Waals surface area contributed by atoms with Gasteiger partial charge in [-0.1, -0.05) is 29.5 Å². The Morgan fingerprint density at radius 2 is 1.93 bits per heavy atom. The van der Waals surface area contributed by atoms with Crippen LogP contribution in [0.5, 0.6) is 0 Å². The molecule has 2 amide bonds. The van der Waals surface area contributed by atoms with Gasteiger partial charge in [-0.15, -0.1) is 0 Å². The molecular weight excluding hydrogens is 377 g/mol. The molecule has 0 unspecified atom stereocenters. The number of halogens is 1. The fourth-order valence-electron chi connectivity index (χ4n) is 2.97. The van der Waals surface area contributed by atoms with Crippen LogP contribution in [0.4, 0.5) is 15.8 Å². The lowest BCUT2D eigenvalue weighted by molar-refractivity contribution is -0.128. The maximum absolute atomic E-state index is 13.1. The Morgan fingerprint density at radius 1 is 1.21 bits per heavy atom. The molecule has 0 radical (unpaired) electrons. The lowest BCUT2D eigenvalue weighted by Crippen LogP contribution is -2.33. The summed E-state index contributed by atoms with van der Waals surface area (Å²) in [5, 5.41) is 2.89. The number of anilines is 1. The summed E-state index contributed by atoms with van der Waals surface area (Å²) in [6.07, 6.45) is 0.0652. The molecule has 0 saturated carbocycles. The molecule has 3 rings (SSSR count). The summed E-state index contributed by atoms with van der Waals surface area (Å²) in [5.41, 5.74) is 3.42. The predicted molar refractivity (Wildman–Crippen MR) is 111 cm³/mol. The molecule has 0 aliphatic carbocycles. The molecule has 1 N–H and O–H groups in total. The third-order valence-corrected chi connectivity index (χ3v) is 5.59. The number of amides is 2. The first kappa shape index (κ1) is 20.1. The number of amidine groups is 1. The van der Waals surface area contributed by atoms with Gasteiger partial charge in [0, 0.05) is 18.7 Å². The minimum absolute atomic E-state index is 0.0652. The lowest BCUT2D eigenvalue weighted by Gasteiger charge is -2.13. The summed E-state index contributed by atoms with van der Waals surface area (Å²) in [6, 6.07) is 11.6. The quantitative estimate of drug-likeness (QED) is 0.809. The van der Waals surface area contributed by atoms with E-state index in [9.17, 15) is 14.0 Å².